The first-order chi connectivity index (χ1) is 9.28. The van der Waals surface area contributed by atoms with Crippen LogP contribution in [0, 0.1) is 0 Å². The lowest BCUT2D eigenvalue weighted by atomic mass is 10.3. The molecule has 2 N–H and O–H groups in total. The van der Waals surface area contributed by atoms with Gasteiger partial charge in [-0.3, -0.25) is 0 Å². The predicted molar refractivity (Wildman–Crippen MR) is 71.8 cm³/mol. The second-order valence-corrected chi connectivity index (χ2v) is 5.72. The van der Waals surface area contributed by atoms with Crippen LogP contribution in [0.5, 0.6) is 0 Å². The highest BCUT2D eigenvalue weighted by molar-refractivity contribution is 7.98. The Morgan fingerprint density at radius 2 is 2.32 bits per heavy atom. The fourth-order valence-electron chi connectivity index (χ4n) is 1.91. The third kappa shape index (κ3) is 2.82. The van der Waals surface area contributed by atoms with E-state index in [1.54, 1.807) is 11.8 Å². The molecule has 0 aliphatic heterocycles. The highest BCUT2D eigenvalue weighted by Crippen LogP contribution is 2.40. The molecule has 1 fully saturated rings. The average molecular weight is 279 g/mol. The van der Waals surface area contributed by atoms with Gasteiger partial charge in [-0.1, -0.05) is 16.9 Å². The molecule has 0 radical (unpaired) electrons. The molecule has 1 saturated carbocycles. The average Bonchev–Trinajstić information content (AvgIpc) is 3.06. The van der Waals surface area contributed by atoms with Crippen LogP contribution in [0.2, 0.25) is 0 Å². The molecule has 102 valence electrons. The predicted octanol–water partition coefficient (Wildman–Crippen LogP) is 1.47. The topological polar surface area (TPSA) is 82.8 Å². The lowest BCUT2D eigenvalue weighted by molar-refractivity contribution is 0.380. The molecule has 2 aromatic heterocycles. The molecule has 0 amide bonds. The quantitative estimate of drug-likeness (QED) is 0.806. The summed E-state index contributed by atoms with van der Waals surface area (Å²) < 4.78 is 7.31. The van der Waals surface area contributed by atoms with Crippen molar-refractivity contribution in [3.63, 3.8) is 0 Å². The maximum Gasteiger partial charge on any atom is 0.191 e. The standard InChI is InChI=1S/C12H17N5OS/c1-17-11(4-5-13)14-15-12(17)19-7-9-6-10(18-16-9)8-2-3-8/h6,8H,2-5,7,13H2,1H3. The van der Waals surface area contributed by atoms with Gasteiger partial charge in [0, 0.05) is 31.2 Å². The maximum atomic E-state index is 5.53. The van der Waals surface area contributed by atoms with E-state index in [9.17, 15) is 0 Å². The summed E-state index contributed by atoms with van der Waals surface area (Å²) >= 11 is 1.62. The summed E-state index contributed by atoms with van der Waals surface area (Å²) in [6.45, 7) is 0.588. The molecule has 1 aliphatic carbocycles. The fourth-order valence-corrected chi connectivity index (χ4v) is 2.72. The van der Waals surface area contributed by atoms with Crippen LogP contribution in [-0.4, -0.2) is 26.5 Å². The summed E-state index contributed by atoms with van der Waals surface area (Å²) in [5.41, 5.74) is 6.50. The summed E-state index contributed by atoms with van der Waals surface area (Å²) in [5.74, 6) is 3.31. The van der Waals surface area contributed by atoms with Crippen LogP contribution in [0.25, 0.3) is 0 Å². The van der Waals surface area contributed by atoms with Crippen molar-refractivity contribution < 1.29 is 4.52 Å². The van der Waals surface area contributed by atoms with Crippen molar-refractivity contribution in [2.75, 3.05) is 6.54 Å². The first-order valence-electron chi connectivity index (χ1n) is 6.44. The van der Waals surface area contributed by atoms with Gasteiger partial charge in [0.15, 0.2) is 5.16 Å². The first kappa shape index (κ1) is 12.7. The highest BCUT2D eigenvalue weighted by Gasteiger charge is 2.27. The van der Waals surface area contributed by atoms with E-state index in [-0.39, 0.29) is 0 Å². The number of rotatable bonds is 6. The molecule has 0 unspecified atom stereocenters. The Morgan fingerprint density at radius 3 is 3.05 bits per heavy atom. The summed E-state index contributed by atoms with van der Waals surface area (Å²) in [4.78, 5) is 0. The van der Waals surface area contributed by atoms with Gasteiger partial charge in [-0.2, -0.15) is 0 Å². The zero-order chi connectivity index (χ0) is 13.2. The number of thioether (sulfide) groups is 1. The molecule has 19 heavy (non-hydrogen) atoms. The van der Waals surface area contributed by atoms with Gasteiger partial charge < -0.3 is 14.8 Å². The Morgan fingerprint density at radius 1 is 1.47 bits per heavy atom. The Kier molecular flexibility index (Phi) is 3.56. The molecule has 0 spiro atoms. The third-order valence-corrected chi connectivity index (χ3v) is 4.25. The SMILES string of the molecule is Cn1c(CCN)nnc1SCc1cc(C2CC2)on1. The zero-order valence-electron chi connectivity index (χ0n) is 10.9. The van der Waals surface area contributed by atoms with E-state index in [1.165, 1.54) is 12.8 Å². The van der Waals surface area contributed by atoms with Crippen molar-refractivity contribution in [1.82, 2.24) is 19.9 Å². The van der Waals surface area contributed by atoms with E-state index in [1.807, 2.05) is 11.6 Å². The van der Waals surface area contributed by atoms with Crippen LogP contribution in [0.15, 0.2) is 15.7 Å². The lowest BCUT2D eigenvalue weighted by Gasteiger charge is -2.01. The summed E-state index contributed by atoms with van der Waals surface area (Å²) in [7, 11) is 1.96. The van der Waals surface area contributed by atoms with E-state index in [4.69, 9.17) is 10.3 Å². The van der Waals surface area contributed by atoms with Gasteiger partial charge >= 0.3 is 0 Å². The normalized spacial score (nSPS) is 15.1. The molecule has 1 aliphatic rings. The van der Waals surface area contributed by atoms with E-state index in [0.29, 0.717) is 12.5 Å². The van der Waals surface area contributed by atoms with Gasteiger partial charge in [0.05, 0.1) is 5.69 Å². The smallest absolute Gasteiger partial charge is 0.191 e. The molecule has 3 rings (SSSR count). The first-order valence-corrected chi connectivity index (χ1v) is 7.43. The van der Waals surface area contributed by atoms with Gasteiger partial charge in [-0.15, -0.1) is 10.2 Å². The number of nitrogens with zero attached hydrogens (tertiary/aromatic N) is 4. The second kappa shape index (κ2) is 5.34. The molecule has 0 atom stereocenters. The summed E-state index contributed by atoms with van der Waals surface area (Å²) in [6, 6.07) is 2.06. The molecule has 0 aromatic carbocycles. The Balaban J connectivity index is 1.61. The molecule has 2 heterocycles. The van der Waals surface area contributed by atoms with Gasteiger partial charge in [0.2, 0.25) is 0 Å². The Labute approximate surface area is 115 Å². The van der Waals surface area contributed by atoms with Crippen LogP contribution in [0.1, 0.15) is 36.0 Å². The Bertz CT molecular complexity index is 560. The molecular formula is C12H17N5OS. The van der Waals surface area contributed by atoms with Crippen molar-refractivity contribution in [2.24, 2.45) is 12.8 Å². The van der Waals surface area contributed by atoms with Gasteiger partial charge in [0.25, 0.3) is 0 Å². The van der Waals surface area contributed by atoms with Crippen LogP contribution in [-0.2, 0) is 19.2 Å². The molecule has 6 nitrogen and oxygen atoms in total. The lowest BCUT2D eigenvalue weighted by Crippen LogP contribution is -2.08. The molecule has 0 saturated heterocycles. The van der Waals surface area contributed by atoms with Crippen molar-refractivity contribution >= 4 is 11.8 Å². The minimum atomic E-state index is 0.588. The second-order valence-electron chi connectivity index (χ2n) is 4.78. The van der Waals surface area contributed by atoms with Gasteiger partial charge in [-0.25, -0.2) is 0 Å². The number of nitrogens with two attached hydrogens (primary N) is 1. The van der Waals surface area contributed by atoms with Crippen molar-refractivity contribution in [2.45, 2.75) is 36.1 Å². The zero-order valence-corrected chi connectivity index (χ0v) is 11.7. The highest BCUT2D eigenvalue weighted by atomic mass is 32.2. The van der Waals surface area contributed by atoms with Gasteiger partial charge in [0.1, 0.15) is 11.6 Å². The summed E-state index contributed by atoms with van der Waals surface area (Å²) in [5, 5.41) is 13.3. The largest absolute Gasteiger partial charge is 0.361 e. The maximum absolute atomic E-state index is 5.53. The van der Waals surface area contributed by atoms with Crippen LogP contribution in [0.4, 0.5) is 0 Å². The number of hydrogen-bond acceptors (Lipinski definition) is 6. The van der Waals surface area contributed by atoms with Crippen LogP contribution in [0.3, 0.4) is 0 Å². The van der Waals surface area contributed by atoms with E-state index < -0.39 is 0 Å². The molecular weight excluding hydrogens is 262 g/mol. The van der Waals surface area contributed by atoms with Crippen molar-refractivity contribution in [3.05, 3.63) is 23.3 Å². The van der Waals surface area contributed by atoms with Gasteiger partial charge in [-0.05, 0) is 19.4 Å². The van der Waals surface area contributed by atoms with Crippen LogP contribution < -0.4 is 5.73 Å². The van der Waals surface area contributed by atoms with Crippen molar-refractivity contribution in [1.29, 1.82) is 0 Å². The Hall–Kier alpha value is -1.34. The van der Waals surface area contributed by atoms with E-state index >= 15 is 0 Å². The third-order valence-electron chi connectivity index (χ3n) is 3.20. The monoisotopic (exact) mass is 279 g/mol. The molecule has 0 bridgehead atoms. The van der Waals surface area contributed by atoms with Crippen LogP contribution >= 0.6 is 11.8 Å². The summed E-state index contributed by atoms with van der Waals surface area (Å²) in [6.07, 6.45) is 3.21. The van der Waals surface area contributed by atoms with E-state index in [2.05, 4.69) is 21.4 Å². The van der Waals surface area contributed by atoms with Crippen molar-refractivity contribution in [3.8, 4) is 0 Å². The van der Waals surface area contributed by atoms with E-state index in [0.717, 1.165) is 34.6 Å². The minimum Gasteiger partial charge on any atom is -0.361 e. The molecule has 2 aromatic rings. The fraction of sp³-hybridized carbons (Fsp3) is 0.583. The number of hydrogen-bond donors (Lipinski definition) is 1. The number of aromatic nitrogens is 4. The molecule has 7 heteroatoms. The minimum absolute atomic E-state index is 0.588.